The van der Waals surface area contributed by atoms with Gasteiger partial charge in [-0.2, -0.15) is 5.10 Å². The highest BCUT2D eigenvalue weighted by Crippen LogP contribution is 2.20. The number of methoxy groups -OCH3 is 1. The molecule has 0 fully saturated rings. The molecule has 0 spiro atoms. The first-order chi connectivity index (χ1) is 11.0. The van der Waals surface area contributed by atoms with E-state index < -0.39 is 0 Å². The van der Waals surface area contributed by atoms with Crippen molar-refractivity contribution in [1.82, 2.24) is 19.7 Å². The van der Waals surface area contributed by atoms with Crippen molar-refractivity contribution in [2.24, 2.45) is 0 Å². The molecule has 2 aromatic heterocycles. The van der Waals surface area contributed by atoms with Crippen LogP contribution in [0.2, 0.25) is 0 Å². The molecule has 1 N–H and O–H groups in total. The summed E-state index contributed by atoms with van der Waals surface area (Å²) in [5.74, 6) is 0.661. The van der Waals surface area contributed by atoms with E-state index in [0.29, 0.717) is 12.4 Å². The maximum absolute atomic E-state index is 12.6. The number of ether oxygens (including phenoxy) is 1. The lowest BCUT2D eigenvalue weighted by Gasteiger charge is -2.27. The van der Waals surface area contributed by atoms with Gasteiger partial charge in [0.1, 0.15) is 5.82 Å². The maximum Gasteiger partial charge on any atom is 0.323 e. The van der Waals surface area contributed by atoms with Gasteiger partial charge in [0.2, 0.25) is 0 Å². The predicted molar refractivity (Wildman–Crippen MR) is 88.2 cm³/mol. The van der Waals surface area contributed by atoms with Gasteiger partial charge in [-0.25, -0.2) is 9.48 Å². The molecule has 23 heavy (non-hydrogen) atoms. The molecule has 2 aromatic rings. The summed E-state index contributed by atoms with van der Waals surface area (Å²) < 4.78 is 7.01. The van der Waals surface area contributed by atoms with Crippen LogP contribution < -0.4 is 5.32 Å². The number of rotatable bonds is 6. The summed E-state index contributed by atoms with van der Waals surface area (Å²) in [5, 5.41) is 7.10. The zero-order valence-corrected chi connectivity index (χ0v) is 13.9. The molecule has 0 saturated heterocycles. The van der Waals surface area contributed by atoms with Crippen LogP contribution in [0.1, 0.15) is 31.6 Å². The van der Waals surface area contributed by atoms with Gasteiger partial charge in [-0.15, -0.1) is 0 Å². The molecule has 0 aromatic carbocycles. The second-order valence-electron chi connectivity index (χ2n) is 5.52. The number of urea groups is 1. The molecule has 0 bridgehead atoms. The number of carbonyl (C=O) groups is 1. The molecule has 2 amide bonds. The Morgan fingerprint density at radius 3 is 2.74 bits per heavy atom. The van der Waals surface area contributed by atoms with Crippen LogP contribution in [-0.4, -0.2) is 46.5 Å². The van der Waals surface area contributed by atoms with Gasteiger partial charge in [-0.1, -0.05) is 6.07 Å². The first-order valence-electron chi connectivity index (χ1n) is 7.51. The van der Waals surface area contributed by atoms with Crippen LogP contribution in [0.3, 0.4) is 0 Å². The summed E-state index contributed by atoms with van der Waals surface area (Å²) in [6.07, 6.45) is 3.37. The van der Waals surface area contributed by atoms with Gasteiger partial charge in [0, 0.05) is 32.5 Å². The van der Waals surface area contributed by atoms with Crippen molar-refractivity contribution in [3.63, 3.8) is 0 Å². The van der Waals surface area contributed by atoms with Gasteiger partial charge < -0.3 is 9.64 Å². The molecular weight excluding hydrogens is 294 g/mol. The van der Waals surface area contributed by atoms with Gasteiger partial charge in [-0.3, -0.25) is 10.3 Å². The lowest BCUT2D eigenvalue weighted by Crippen LogP contribution is -2.37. The predicted octanol–water partition coefficient (Wildman–Crippen LogP) is 2.71. The smallest absolute Gasteiger partial charge is 0.323 e. The third-order valence-electron chi connectivity index (χ3n) is 3.54. The van der Waals surface area contributed by atoms with E-state index in [1.165, 1.54) is 0 Å². The Morgan fingerprint density at radius 1 is 1.35 bits per heavy atom. The number of likely N-dealkylation sites (N-methyl/N-ethyl adjacent to an activating group) is 1. The fraction of sp³-hybridized carbons (Fsp3) is 0.438. The van der Waals surface area contributed by atoms with Crippen molar-refractivity contribution in [3.8, 4) is 0 Å². The number of hydrogen-bond acceptors (Lipinski definition) is 4. The number of carbonyl (C=O) groups excluding carboxylic acids is 1. The van der Waals surface area contributed by atoms with Crippen LogP contribution in [0.15, 0.2) is 36.7 Å². The van der Waals surface area contributed by atoms with Crippen molar-refractivity contribution in [1.29, 1.82) is 0 Å². The highest BCUT2D eigenvalue weighted by atomic mass is 16.5. The summed E-state index contributed by atoms with van der Waals surface area (Å²) in [6.45, 7) is 4.38. The first-order valence-corrected chi connectivity index (χ1v) is 7.51. The van der Waals surface area contributed by atoms with Crippen LogP contribution in [0, 0.1) is 0 Å². The third kappa shape index (κ3) is 4.07. The van der Waals surface area contributed by atoms with E-state index in [2.05, 4.69) is 15.4 Å². The van der Waals surface area contributed by atoms with E-state index in [4.69, 9.17) is 4.74 Å². The van der Waals surface area contributed by atoms with Gasteiger partial charge >= 0.3 is 6.03 Å². The maximum atomic E-state index is 12.6. The largest absolute Gasteiger partial charge is 0.382 e. The average molecular weight is 317 g/mol. The minimum Gasteiger partial charge on any atom is -0.382 e. The Bertz CT molecular complexity index is 626. The molecular formula is C16H23N5O2. The number of nitrogens with one attached hydrogen (secondary N) is 1. The van der Waals surface area contributed by atoms with E-state index in [0.717, 1.165) is 5.69 Å². The molecule has 7 nitrogen and oxygen atoms in total. The third-order valence-corrected chi connectivity index (χ3v) is 3.54. The lowest BCUT2D eigenvalue weighted by atomic mass is 10.2. The monoisotopic (exact) mass is 317 g/mol. The number of anilines is 1. The second-order valence-corrected chi connectivity index (χ2v) is 5.52. The summed E-state index contributed by atoms with van der Waals surface area (Å²) in [6, 6.07) is 7.05. The van der Waals surface area contributed by atoms with Gasteiger partial charge in [0.25, 0.3) is 0 Å². The van der Waals surface area contributed by atoms with Crippen molar-refractivity contribution in [2.45, 2.75) is 25.9 Å². The number of nitrogens with zero attached hydrogens (tertiary/aromatic N) is 4. The Balaban J connectivity index is 2.14. The highest BCUT2D eigenvalue weighted by Gasteiger charge is 2.23. The Hall–Kier alpha value is -2.41. The minimum atomic E-state index is -0.267. The van der Waals surface area contributed by atoms with E-state index in [1.807, 2.05) is 32.0 Å². The van der Waals surface area contributed by atoms with E-state index in [-0.39, 0.29) is 18.1 Å². The van der Waals surface area contributed by atoms with E-state index >= 15 is 0 Å². The molecule has 2 heterocycles. The zero-order valence-electron chi connectivity index (χ0n) is 13.9. The molecule has 0 aliphatic rings. The Morgan fingerprint density at radius 2 is 2.13 bits per heavy atom. The minimum absolute atomic E-state index is 0.163. The van der Waals surface area contributed by atoms with Gasteiger partial charge in [0.15, 0.2) is 0 Å². The fourth-order valence-electron chi connectivity index (χ4n) is 2.29. The van der Waals surface area contributed by atoms with Crippen molar-refractivity contribution < 1.29 is 9.53 Å². The van der Waals surface area contributed by atoms with Gasteiger partial charge in [0.05, 0.1) is 24.5 Å². The second kappa shape index (κ2) is 7.73. The van der Waals surface area contributed by atoms with Gasteiger partial charge in [-0.05, 0) is 26.0 Å². The molecule has 0 aliphatic carbocycles. The topological polar surface area (TPSA) is 72.3 Å². The lowest BCUT2D eigenvalue weighted by molar-refractivity contribution is 0.119. The molecule has 0 aliphatic heterocycles. The summed E-state index contributed by atoms with van der Waals surface area (Å²) in [5.41, 5.74) is 0.782. The quantitative estimate of drug-likeness (QED) is 0.889. The number of pyridine rings is 1. The standard InChI is InChI=1S/C16H23N5O2/c1-12(2)21-15(8-10-18-21)19-16(22)20(3)14(11-23-4)13-7-5-6-9-17-13/h5-10,12,14H,11H2,1-4H3,(H,19,22)/t14-/m1/s1. The summed E-state index contributed by atoms with van der Waals surface area (Å²) >= 11 is 0. The summed E-state index contributed by atoms with van der Waals surface area (Å²) in [7, 11) is 3.33. The zero-order chi connectivity index (χ0) is 16.8. The Labute approximate surface area is 136 Å². The van der Waals surface area contributed by atoms with E-state index in [9.17, 15) is 4.79 Å². The van der Waals surface area contributed by atoms with Crippen LogP contribution in [-0.2, 0) is 4.74 Å². The molecule has 1 atom stereocenters. The van der Waals surface area contributed by atoms with Crippen molar-refractivity contribution in [3.05, 3.63) is 42.4 Å². The molecule has 2 rings (SSSR count). The van der Waals surface area contributed by atoms with Crippen molar-refractivity contribution >= 4 is 11.8 Å². The van der Waals surface area contributed by atoms with Crippen molar-refractivity contribution in [2.75, 3.05) is 26.1 Å². The normalized spacial score (nSPS) is 12.2. The molecule has 0 saturated carbocycles. The van der Waals surface area contributed by atoms with Crippen LogP contribution in [0.25, 0.3) is 0 Å². The van der Waals surface area contributed by atoms with Crippen LogP contribution >= 0.6 is 0 Å². The van der Waals surface area contributed by atoms with Crippen LogP contribution in [0.4, 0.5) is 10.6 Å². The SMILES string of the molecule is COC[C@H](c1ccccn1)N(C)C(=O)Nc1ccnn1C(C)C. The first kappa shape index (κ1) is 17.0. The molecule has 7 heteroatoms. The number of hydrogen-bond donors (Lipinski definition) is 1. The molecule has 124 valence electrons. The highest BCUT2D eigenvalue weighted by molar-refractivity contribution is 5.88. The molecule has 0 radical (unpaired) electrons. The molecule has 0 unspecified atom stereocenters. The van der Waals surface area contributed by atoms with E-state index in [1.54, 1.807) is 42.2 Å². The fourth-order valence-corrected chi connectivity index (χ4v) is 2.29. The number of aromatic nitrogens is 3. The summed E-state index contributed by atoms with van der Waals surface area (Å²) in [4.78, 5) is 18.5. The van der Waals surface area contributed by atoms with Crippen LogP contribution in [0.5, 0.6) is 0 Å². The number of amides is 2. The Kier molecular flexibility index (Phi) is 5.70. The average Bonchev–Trinajstić information content (AvgIpc) is 3.01.